The van der Waals surface area contributed by atoms with Crippen LogP contribution in [-0.2, 0) is 0 Å². The third kappa shape index (κ3) is 6.59. The minimum absolute atomic E-state index is 0. The van der Waals surface area contributed by atoms with Crippen molar-refractivity contribution in [2.75, 3.05) is 40.2 Å². The van der Waals surface area contributed by atoms with Gasteiger partial charge in [-0.05, 0) is 38.7 Å². The number of rotatable bonds is 7. The number of nitrogens with two attached hydrogens (primary N) is 1. The lowest BCUT2D eigenvalue weighted by atomic mass is 10.0. The molecule has 7 heteroatoms. The smallest absolute Gasteiger partial charge is 0.193 e. The van der Waals surface area contributed by atoms with Gasteiger partial charge >= 0.3 is 0 Å². The molecule has 0 aliphatic rings. The van der Waals surface area contributed by atoms with Crippen molar-refractivity contribution in [3.63, 3.8) is 0 Å². The van der Waals surface area contributed by atoms with Crippen LogP contribution in [0.2, 0.25) is 0 Å². The van der Waals surface area contributed by atoms with Crippen molar-refractivity contribution in [3.05, 3.63) is 53.6 Å². The molecular formula is C20H29IN4O2. The van der Waals surface area contributed by atoms with Gasteiger partial charge in [-0.3, -0.25) is 4.99 Å². The Labute approximate surface area is 178 Å². The molecule has 0 saturated carbocycles. The van der Waals surface area contributed by atoms with Crippen LogP contribution >= 0.6 is 24.0 Å². The molecule has 148 valence electrons. The summed E-state index contributed by atoms with van der Waals surface area (Å²) in [7, 11) is 7.28. The summed E-state index contributed by atoms with van der Waals surface area (Å²) in [5.41, 5.74) is 9.31. The molecule has 27 heavy (non-hydrogen) atoms. The Morgan fingerprint density at radius 1 is 1.07 bits per heavy atom. The molecular weight excluding hydrogens is 455 g/mol. The van der Waals surface area contributed by atoms with E-state index in [4.69, 9.17) is 15.2 Å². The topological polar surface area (TPSA) is 72.1 Å². The summed E-state index contributed by atoms with van der Waals surface area (Å²) in [6.45, 7) is 2.64. The maximum atomic E-state index is 6.07. The first kappa shape index (κ1) is 23.0. The number of nitrogens with one attached hydrogen (secondary N) is 1. The normalized spacial score (nSPS) is 12.3. The number of benzene rings is 2. The van der Waals surface area contributed by atoms with Crippen LogP contribution in [0.4, 0.5) is 5.69 Å². The maximum absolute atomic E-state index is 6.07. The summed E-state index contributed by atoms with van der Waals surface area (Å²) in [5, 5.41) is 3.10. The average molecular weight is 484 g/mol. The van der Waals surface area contributed by atoms with Gasteiger partial charge in [-0.1, -0.05) is 29.8 Å². The zero-order chi connectivity index (χ0) is 19.1. The third-order valence-corrected chi connectivity index (χ3v) is 4.18. The first-order valence-corrected chi connectivity index (χ1v) is 8.46. The molecule has 3 N–H and O–H groups in total. The lowest BCUT2D eigenvalue weighted by Crippen LogP contribution is -2.27. The molecule has 0 aromatic heterocycles. The van der Waals surface area contributed by atoms with E-state index in [2.05, 4.69) is 46.4 Å². The molecule has 6 nitrogen and oxygen atoms in total. The quantitative estimate of drug-likeness (QED) is 0.357. The summed E-state index contributed by atoms with van der Waals surface area (Å²) in [4.78, 5) is 6.64. The van der Waals surface area contributed by atoms with Gasteiger partial charge in [0.05, 0.1) is 26.8 Å². The number of aliphatic imine (C=N–C) groups is 1. The number of guanidine groups is 1. The highest BCUT2D eigenvalue weighted by Gasteiger charge is 2.13. The van der Waals surface area contributed by atoms with E-state index in [0.29, 0.717) is 24.0 Å². The summed E-state index contributed by atoms with van der Waals surface area (Å²) >= 11 is 0. The van der Waals surface area contributed by atoms with Crippen LogP contribution in [0.1, 0.15) is 17.2 Å². The van der Waals surface area contributed by atoms with E-state index in [1.807, 2.05) is 32.3 Å². The van der Waals surface area contributed by atoms with Gasteiger partial charge in [0.15, 0.2) is 17.5 Å². The predicted molar refractivity (Wildman–Crippen MR) is 123 cm³/mol. The van der Waals surface area contributed by atoms with E-state index in [-0.39, 0.29) is 30.0 Å². The van der Waals surface area contributed by atoms with Gasteiger partial charge in [0.1, 0.15) is 0 Å². The second-order valence-corrected chi connectivity index (χ2v) is 6.31. The van der Waals surface area contributed by atoms with Crippen molar-refractivity contribution in [1.82, 2.24) is 4.90 Å². The minimum atomic E-state index is 0. The monoisotopic (exact) mass is 484 g/mol. The van der Waals surface area contributed by atoms with Crippen molar-refractivity contribution in [2.24, 2.45) is 10.7 Å². The standard InChI is InChI=1S/C20H28N4O2.HI/c1-14-6-8-15(9-7-14)17(24(2)3)13-22-20(21)23-16-10-11-18(25-4)19(12-16)26-5;/h6-12,17H,13H2,1-5H3,(H3,21,22,23);1H. The Morgan fingerprint density at radius 3 is 2.26 bits per heavy atom. The summed E-state index contributed by atoms with van der Waals surface area (Å²) in [6, 6.07) is 14.2. The number of methoxy groups -OCH3 is 2. The molecule has 2 aromatic carbocycles. The molecule has 0 aliphatic carbocycles. The molecule has 2 rings (SSSR count). The van der Waals surface area contributed by atoms with Crippen molar-refractivity contribution < 1.29 is 9.47 Å². The fourth-order valence-electron chi connectivity index (χ4n) is 2.64. The van der Waals surface area contributed by atoms with Gasteiger partial charge in [0.25, 0.3) is 0 Å². The van der Waals surface area contributed by atoms with Crippen LogP contribution in [0.25, 0.3) is 0 Å². The Bertz CT molecular complexity index is 748. The fourth-order valence-corrected chi connectivity index (χ4v) is 2.64. The number of halogens is 1. The lowest BCUT2D eigenvalue weighted by molar-refractivity contribution is 0.306. The third-order valence-electron chi connectivity index (χ3n) is 4.18. The molecule has 0 spiro atoms. The number of likely N-dealkylation sites (N-methyl/N-ethyl adjacent to an activating group) is 1. The van der Waals surface area contributed by atoms with Crippen LogP contribution in [0.15, 0.2) is 47.5 Å². The summed E-state index contributed by atoms with van der Waals surface area (Å²) in [6.07, 6.45) is 0. The molecule has 0 saturated heterocycles. The van der Waals surface area contributed by atoms with Crippen LogP contribution in [0, 0.1) is 6.92 Å². The van der Waals surface area contributed by atoms with Gasteiger partial charge in [0.2, 0.25) is 0 Å². The minimum Gasteiger partial charge on any atom is -0.493 e. The number of ether oxygens (including phenoxy) is 2. The highest BCUT2D eigenvalue weighted by Crippen LogP contribution is 2.29. The van der Waals surface area contributed by atoms with Crippen molar-refractivity contribution >= 4 is 35.6 Å². The Hall–Kier alpha value is -2.00. The first-order valence-electron chi connectivity index (χ1n) is 8.46. The molecule has 0 aliphatic heterocycles. The van der Waals surface area contributed by atoms with Crippen molar-refractivity contribution in [2.45, 2.75) is 13.0 Å². The molecule has 0 fully saturated rings. The zero-order valence-corrected chi connectivity index (χ0v) is 18.9. The molecule has 1 unspecified atom stereocenters. The number of aryl methyl sites for hydroxylation is 1. The highest BCUT2D eigenvalue weighted by atomic mass is 127. The lowest BCUT2D eigenvalue weighted by Gasteiger charge is -2.23. The van der Waals surface area contributed by atoms with Crippen LogP contribution in [-0.4, -0.2) is 45.7 Å². The van der Waals surface area contributed by atoms with Gasteiger partial charge in [-0.15, -0.1) is 24.0 Å². The Kier molecular flexibility index (Phi) is 9.37. The molecule has 2 aromatic rings. The SMILES string of the molecule is COc1ccc(NC(N)=NCC(c2ccc(C)cc2)N(C)C)cc1OC.I. The summed E-state index contributed by atoms with van der Waals surface area (Å²) in [5.74, 6) is 1.66. The first-order chi connectivity index (χ1) is 12.4. The zero-order valence-electron chi connectivity index (χ0n) is 16.5. The van der Waals surface area contributed by atoms with Crippen LogP contribution in [0.3, 0.4) is 0 Å². The second-order valence-electron chi connectivity index (χ2n) is 6.31. The van der Waals surface area contributed by atoms with E-state index in [9.17, 15) is 0 Å². The van der Waals surface area contributed by atoms with E-state index in [1.165, 1.54) is 11.1 Å². The van der Waals surface area contributed by atoms with E-state index < -0.39 is 0 Å². The van der Waals surface area contributed by atoms with Crippen molar-refractivity contribution in [1.29, 1.82) is 0 Å². The van der Waals surface area contributed by atoms with Gasteiger partial charge < -0.3 is 25.4 Å². The highest BCUT2D eigenvalue weighted by molar-refractivity contribution is 14.0. The Balaban J connectivity index is 0.00000364. The van der Waals surface area contributed by atoms with Crippen molar-refractivity contribution in [3.8, 4) is 11.5 Å². The van der Waals surface area contributed by atoms with Gasteiger partial charge in [-0.25, -0.2) is 0 Å². The number of hydrogen-bond donors (Lipinski definition) is 2. The number of anilines is 1. The molecule has 0 bridgehead atoms. The Morgan fingerprint density at radius 2 is 1.70 bits per heavy atom. The molecule has 0 radical (unpaired) electrons. The predicted octanol–water partition coefficient (Wildman–Crippen LogP) is 3.66. The molecule has 0 amide bonds. The maximum Gasteiger partial charge on any atom is 0.193 e. The molecule has 0 heterocycles. The summed E-state index contributed by atoms with van der Waals surface area (Å²) < 4.78 is 10.5. The number of hydrogen-bond acceptors (Lipinski definition) is 4. The van der Waals surface area contributed by atoms with Crippen LogP contribution in [0.5, 0.6) is 11.5 Å². The van der Waals surface area contributed by atoms with Gasteiger partial charge in [-0.2, -0.15) is 0 Å². The average Bonchev–Trinajstić information content (AvgIpc) is 2.63. The second kappa shape index (κ2) is 11.0. The van der Waals surface area contributed by atoms with Gasteiger partial charge in [0, 0.05) is 11.8 Å². The van der Waals surface area contributed by atoms with E-state index in [1.54, 1.807) is 14.2 Å². The van der Waals surface area contributed by atoms with E-state index in [0.717, 1.165) is 5.69 Å². The number of nitrogens with zero attached hydrogens (tertiary/aromatic N) is 2. The largest absolute Gasteiger partial charge is 0.493 e. The fraction of sp³-hybridized carbons (Fsp3) is 0.350. The molecule has 1 atom stereocenters. The van der Waals surface area contributed by atoms with Crippen LogP contribution < -0.4 is 20.5 Å². The van der Waals surface area contributed by atoms with E-state index >= 15 is 0 Å².